The normalized spacial score (nSPS) is 15.8. The van der Waals surface area contributed by atoms with Crippen LogP contribution in [0.15, 0.2) is 35.5 Å². The minimum Gasteiger partial charge on any atom is -0.372 e. The molecule has 4 aromatic rings. The maximum atomic E-state index is 14.2. The predicted octanol–water partition coefficient (Wildman–Crippen LogP) is 1.54. The van der Waals surface area contributed by atoms with Crippen LogP contribution in [0.1, 0.15) is 18.5 Å². The van der Waals surface area contributed by atoms with Gasteiger partial charge in [0, 0.05) is 14.2 Å². The third-order valence-corrected chi connectivity index (χ3v) is 5.08. The van der Waals surface area contributed by atoms with Gasteiger partial charge in [-0.15, -0.1) is 5.10 Å². The fourth-order valence-corrected chi connectivity index (χ4v) is 3.43. The molecule has 0 radical (unpaired) electrons. The van der Waals surface area contributed by atoms with E-state index in [4.69, 9.17) is 4.74 Å². The van der Waals surface area contributed by atoms with Gasteiger partial charge in [-0.05, 0) is 25.0 Å². The maximum absolute atomic E-state index is 14.2. The number of imidazole rings is 1. The average molecular weight is 354 g/mol. The molecule has 3 heterocycles. The zero-order chi connectivity index (χ0) is 18.1. The van der Waals surface area contributed by atoms with Gasteiger partial charge in [-0.2, -0.15) is 4.68 Å². The lowest BCUT2D eigenvalue weighted by molar-refractivity contribution is 0.0751. The van der Waals surface area contributed by atoms with E-state index in [1.165, 1.54) is 15.3 Å². The molecule has 0 aliphatic heterocycles. The zero-order valence-electron chi connectivity index (χ0n) is 14.2. The van der Waals surface area contributed by atoms with E-state index in [1.807, 2.05) is 0 Å². The molecule has 0 bridgehead atoms. The highest BCUT2D eigenvalue weighted by atomic mass is 19.1. The van der Waals surface area contributed by atoms with Crippen LogP contribution in [0.2, 0.25) is 0 Å². The van der Waals surface area contributed by atoms with Crippen LogP contribution in [-0.4, -0.2) is 36.1 Å². The van der Waals surface area contributed by atoms with Gasteiger partial charge >= 0.3 is 0 Å². The van der Waals surface area contributed by atoms with Gasteiger partial charge < -0.3 is 4.74 Å². The first-order chi connectivity index (χ1) is 12.6. The van der Waals surface area contributed by atoms with Crippen molar-refractivity contribution in [3.8, 4) is 5.82 Å². The van der Waals surface area contributed by atoms with Crippen LogP contribution in [0.4, 0.5) is 4.39 Å². The molecule has 0 unspecified atom stereocenters. The molecule has 1 aliphatic carbocycles. The van der Waals surface area contributed by atoms with E-state index in [9.17, 15) is 9.18 Å². The summed E-state index contributed by atoms with van der Waals surface area (Å²) in [6.45, 7) is 0. The Morgan fingerprint density at radius 2 is 2.12 bits per heavy atom. The molecule has 0 amide bonds. The van der Waals surface area contributed by atoms with Crippen LogP contribution in [0.3, 0.4) is 0 Å². The molecule has 132 valence electrons. The lowest BCUT2D eigenvalue weighted by atomic mass is 10.2. The van der Waals surface area contributed by atoms with E-state index in [0.717, 1.165) is 18.5 Å². The summed E-state index contributed by atoms with van der Waals surface area (Å²) in [5.41, 5.74) is 0.904. The number of halogens is 1. The Morgan fingerprint density at radius 1 is 1.31 bits per heavy atom. The molecule has 0 N–H and O–H groups in total. The first kappa shape index (κ1) is 15.2. The number of hydrogen-bond donors (Lipinski definition) is 0. The summed E-state index contributed by atoms with van der Waals surface area (Å²) in [5.74, 6) is -0.111. The third-order valence-electron chi connectivity index (χ3n) is 5.08. The zero-order valence-corrected chi connectivity index (χ0v) is 14.2. The molecule has 0 saturated heterocycles. The number of methoxy groups -OCH3 is 1. The van der Waals surface area contributed by atoms with Crippen LogP contribution in [0.25, 0.3) is 22.4 Å². The number of aryl methyl sites for hydroxylation is 1. The number of benzene rings is 1. The Morgan fingerprint density at radius 3 is 2.85 bits per heavy atom. The topological polar surface area (TPSA) is 79.2 Å². The van der Waals surface area contributed by atoms with Crippen LogP contribution < -0.4 is 5.56 Å². The Balaban J connectivity index is 1.78. The van der Waals surface area contributed by atoms with Gasteiger partial charge in [0.1, 0.15) is 23.4 Å². The van der Waals surface area contributed by atoms with Gasteiger partial charge in [0.05, 0.1) is 17.1 Å². The molecular weight excluding hydrogens is 339 g/mol. The van der Waals surface area contributed by atoms with Crippen LogP contribution in [-0.2, 0) is 17.4 Å². The smallest absolute Gasteiger partial charge is 0.264 e. The van der Waals surface area contributed by atoms with Gasteiger partial charge in [0.15, 0.2) is 11.5 Å². The van der Waals surface area contributed by atoms with Crippen molar-refractivity contribution >= 4 is 16.6 Å². The van der Waals surface area contributed by atoms with Gasteiger partial charge in [0.25, 0.3) is 5.56 Å². The Bertz CT molecular complexity index is 1230. The summed E-state index contributed by atoms with van der Waals surface area (Å²) in [6, 6.07) is 4.53. The Hall–Kier alpha value is -3.07. The fourth-order valence-electron chi connectivity index (χ4n) is 3.43. The van der Waals surface area contributed by atoms with E-state index >= 15 is 0 Å². The molecule has 3 aromatic heterocycles. The number of aromatic nitrogens is 6. The highest BCUT2D eigenvalue weighted by Crippen LogP contribution is 2.47. The van der Waals surface area contributed by atoms with Crippen molar-refractivity contribution in [3.05, 3.63) is 52.6 Å². The predicted molar refractivity (Wildman–Crippen MR) is 90.7 cm³/mol. The minimum atomic E-state index is -0.556. The highest BCUT2D eigenvalue weighted by molar-refractivity contribution is 5.82. The second-order valence-corrected chi connectivity index (χ2v) is 6.51. The summed E-state index contributed by atoms with van der Waals surface area (Å²) in [7, 11) is 3.24. The van der Waals surface area contributed by atoms with Crippen molar-refractivity contribution in [1.82, 2.24) is 28.9 Å². The lowest BCUT2D eigenvalue weighted by Crippen LogP contribution is -2.21. The van der Waals surface area contributed by atoms with E-state index in [1.54, 1.807) is 43.2 Å². The summed E-state index contributed by atoms with van der Waals surface area (Å²) < 4.78 is 24.3. The molecule has 9 heteroatoms. The minimum absolute atomic E-state index is 0.0297. The molecule has 0 spiro atoms. The molecule has 0 atom stereocenters. The van der Waals surface area contributed by atoms with Crippen LogP contribution >= 0.6 is 0 Å². The van der Waals surface area contributed by atoms with Crippen LogP contribution in [0, 0.1) is 5.82 Å². The standard InChI is InChI=1S/C17H15FN6O2/c1-22-15-14(24-8-12(20-21-24)17(26-2)6-7-17)19-9-23(15)11-5-3-4-10(18)13(11)16(22)25/h3-5,8-9H,6-7H2,1-2H3. The molecule has 26 heavy (non-hydrogen) atoms. The number of rotatable bonds is 3. The van der Waals surface area contributed by atoms with Crippen molar-refractivity contribution in [2.45, 2.75) is 18.4 Å². The van der Waals surface area contributed by atoms with Crippen LogP contribution in [0.5, 0.6) is 0 Å². The second-order valence-electron chi connectivity index (χ2n) is 6.51. The van der Waals surface area contributed by atoms with Gasteiger partial charge in [0.2, 0.25) is 0 Å². The third kappa shape index (κ3) is 1.86. The maximum Gasteiger partial charge on any atom is 0.264 e. The first-order valence-corrected chi connectivity index (χ1v) is 8.18. The molecular formula is C17H15FN6O2. The number of hydrogen-bond acceptors (Lipinski definition) is 5. The largest absolute Gasteiger partial charge is 0.372 e. The summed E-state index contributed by atoms with van der Waals surface area (Å²) >= 11 is 0. The molecule has 1 aliphatic rings. The van der Waals surface area contributed by atoms with Crippen molar-refractivity contribution in [3.63, 3.8) is 0 Å². The van der Waals surface area contributed by atoms with Crippen molar-refractivity contribution in [1.29, 1.82) is 0 Å². The Labute approximate surface area is 146 Å². The number of fused-ring (bicyclic) bond motifs is 3. The van der Waals surface area contributed by atoms with Crippen molar-refractivity contribution in [2.75, 3.05) is 7.11 Å². The number of nitrogens with zero attached hydrogens (tertiary/aromatic N) is 6. The molecule has 1 saturated carbocycles. The average Bonchev–Trinajstić information content (AvgIpc) is 3.07. The van der Waals surface area contributed by atoms with Crippen molar-refractivity contribution in [2.24, 2.45) is 7.05 Å². The number of ether oxygens (including phenoxy) is 1. The Kier molecular flexibility index (Phi) is 2.91. The van der Waals surface area contributed by atoms with Gasteiger partial charge in [-0.3, -0.25) is 13.8 Å². The lowest BCUT2D eigenvalue weighted by Gasteiger charge is -2.09. The van der Waals surface area contributed by atoms with Gasteiger partial charge in [-0.25, -0.2) is 9.37 Å². The quantitative estimate of drug-likeness (QED) is 0.558. The fraction of sp³-hybridized carbons (Fsp3) is 0.294. The summed E-state index contributed by atoms with van der Waals surface area (Å²) in [5, 5.41) is 8.39. The highest BCUT2D eigenvalue weighted by Gasteiger charge is 2.47. The molecule has 1 fully saturated rings. The van der Waals surface area contributed by atoms with E-state index < -0.39 is 11.4 Å². The van der Waals surface area contributed by atoms with E-state index in [-0.39, 0.29) is 11.0 Å². The van der Waals surface area contributed by atoms with Crippen molar-refractivity contribution < 1.29 is 9.13 Å². The summed E-state index contributed by atoms with van der Waals surface area (Å²) in [4.78, 5) is 17.1. The SMILES string of the molecule is COC1(c2cn(-c3ncn4c5cccc(F)c5c(=O)n(C)c34)nn2)CC1. The van der Waals surface area contributed by atoms with Gasteiger partial charge in [-0.1, -0.05) is 11.3 Å². The molecule has 1 aromatic carbocycles. The summed E-state index contributed by atoms with van der Waals surface area (Å²) in [6.07, 6.45) is 5.11. The van der Waals surface area contributed by atoms with E-state index in [0.29, 0.717) is 17.0 Å². The molecule has 8 nitrogen and oxygen atoms in total. The first-order valence-electron chi connectivity index (χ1n) is 8.18. The monoisotopic (exact) mass is 354 g/mol. The second kappa shape index (κ2) is 4.98. The van der Waals surface area contributed by atoms with E-state index in [2.05, 4.69) is 15.3 Å². The molecule has 5 rings (SSSR count).